The number of benzene rings is 1. The molecular formula is C14H13F2NO. The Bertz CT molecular complexity index is 561. The maximum atomic E-state index is 13.9. The normalized spacial score (nSPS) is 12.5. The molecule has 0 aliphatic carbocycles. The van der Waals surface area contributed by atoms with E-state index in [-0.39, 0.29) is 11.1 Å². The molecule has 0 amide bonds. The van der Waals surface area contributed by atoms with E-state index in [1.807, 2.05) is 0 Å². The SMILES string of the molecule is Cc1cc(C)c(C(O)c2cncc(F)c2)c(F)c1. The van der Waals surface area contributed by atoms with Crippen LogP contribution in [0.2, 0.25) is 0 Å². The van der Waals surface area contributed by atoms with Gasteiger partial charge in [-0.05, 0) is 37.1 Å². The first kappa shape index (κ1) is 12.6. The lowest BCUT2D eigenvalue weighted by molar-refractivity contribution is 0.213. The molecule has 2 aromatic rings. The molecule has 0 saturated heterocycles. The predicted molar refractivity (Wildman–Crippen MR) is 64.1 cm³/mol. The molecule has 0 saturated carbocycles. The molecule has 2 rings (SSSR count). The molecule has 2 nitrogen and oxygen atoms in total. The first-order valence-electron chi connectivity index (χ1n) is 5.54. The molecule has 1 heterocycles. The van der Waals surface area contributed by atoms with Crippen LogP contribution in [0.3, 0.4) is 0 Å². The molecule has 1 aromatic carbocycles. The van der Waals surface area contributed by atoms with Crippen LogP contribution in [0.15, 0.2) is 30.6 Å². The number of aliphatic hydroxyl groups excluding tert-OH is 1. The summed E-state index contributed by atoms with van der Waals surface area (Å²) < 4.78 is 26.9. The van der Waals surface area contributed by atoms with Crippen LogP contribution in [0, 0.1) is 25.5 Å². The fourth-order valence-electron chi connectivity index (χ4n) is 2.02. The summed E-state index contributed by atoms with van der Waals surface area (Å²) >= 11 is 0. The summed E-state index contributed by atoms with van der Waals surface area (Å²) in [5.74, 6) is -1.05. The molecule has 94 valence electrons. The molecule has 1 N–H and O–H groups in total. The Morgan fingerprint density at radius 2 is 1.83 bits per heavy atom. The molecule has 1 aromatic heterocycles. The van der Waals surface area contributed by atoms with Gasteiger partial charge >= 0.3 is 0 Å². The Morgan fingerprint density at radius 1 is 1.11 bits per heavy atom. The second-order valence-electron chi connectivity index (χ2n) is 4.32. The van der Waals surface area contributed by atoms with E-state index in [9.17, 15) is 13.9 Å². The fourth-order valence-corrected chi connectivity index (χ4v) is 2.02. The average molecular weight is 249 g/mol. The summed E-state index contributed by atoms with van der Waals surface area (Å²) in [6.45, 7) is 3.48. The van der Waals surface area contributed by atoms with E-state index in [1.165, 1.54) is 12.3 Å². The van der Waals surface area contributed by atoms with Crippen LogP contribution in [0.4, 0.5) is 8.78 Å². The van der Waals surface area contributed by atoms with Crippen LogP contribution in [-0.4, -0.2) is 10.1 Å². The number of hydrogen-bond acceptors (Lipinski definition) is 2. The van der Waals surface area contributed by atoms with Crippen LogP contribution in [0.1, 0.15) is 28.4 Å². The summed E-state index contributed by atoms with van der Waals surface area (Å²) in [6.07, 6.45) is 1.15. The molecular weight excluding hydrogens is 236 g/mol. The number of aliphatic hydroxyl groups is 1. The van der Waals surface area contributed by atoms with Crippen molar-refractivity contribution in [3.63, 3.8) is 0 Å². The third kappa shape index (κ3) is 2.38. The minimum atomic E-state index is -1.21. The maximum absolute atomic E-state index is 13.9. The van der Waals surface area contributed by atoms with E-state index in [0.29, 0.717) is 5.56 Å². The molecule has 0 aliphatic heterocycles. The van der Waals surface area contributed by atoms with E-state index in [1.54, 1.807) is 19.9 Å². The highest BCUT2D eigenvalue weighted by molar-refractivity contribution is 5.38. The highest BCUT2D eigenvalue weighted by atomic mass is 19.1. The molecule has 0 bridgehead atoms. The quantitative estimate of drug-likeness (QED) is 0.887. The van der Waals surface area contributed by atoms with Crippen molar-refractivity contribution in [1.29, 1.82) is 0 Å². The van der Waals surface area contributed by atoms with Gasteiger partial charge in [0.25, 0.3) is 0 Å². The monoisotopic (exact) mass is 249 g/mol. The Morgan fingerprint density at radius 3 is 2.44 bits per heavy atom. The standard InChI is InChI=1S/C14H13F2NO/c1-8-3-9(2)13(12(16)4-8)14(18)10-5-11(15)7-17-6-10/h3-7,14,18H,1-2H3. The number of hydrogen-bond donors (Lipinski definition) is 1. The van der Waals surface area contributed by atoms with Crippen LogP contribution >= 0.6 is 0 Å². The van der Waals surface area contributed by atoms with Gasteiger partial charge < -0.3 is 5.11 Å². The topological polar surface area (TPSA) is 33.1 Å². The van der Waals surface area contributed by atoms with Gasteiger partial charge in [0.05, 0.1) is 6.20 Å². The highest BCUT2D eigenvalue weighted by Gasteiger charge is 2.18. The van der Waals surface area contributed by atoms with E-state index in [4.69, 9.17) is 0 Å². The maximum Gasteiger partial charge on any atom is 0.141 e. The van der Waals surface area contributed by atoms with Gasteiger partial charge in [-0.2, -0.15) is 0 Å². The van der Waals surface area contributed by atoms with Crippen molar-refractivity contribution in [2.24, 2.45) is 0 Å². The van der Waals surface area contributed by atoms with Crippen molar-refractivity contribution in [2.75, 3.05) is 0 Å². The molecule has 18 heavy (non-hydrogen) atoms. The second-order valence-corrected chi connectivity index (χ2v) is 4.32. The van der Waals surface area contributed by atoms with Crippen molar-refractivity contribution in [3.8, 4) is 0 Å². The van der Waals surface area contributed by atoms with E-state index in [2.05, 4.69) is 4.98 Å². The summed E-state index contributed by atoms with van der Waals surface area (Å²) in [7, 11) is 0. The minimum absolute atomic E-state index is 0.160. The van der Waals surface area contributed by atoms with Crippen LogP contribution in [0.5, 0.6) is 0 Å². The van der Waals surface area contributed by atoms with E-state index < -0.39 is 17.7 Å². The zero-order valence-electron chi connectivity index (χ0n) is 10.1. The molecule has 1 unspecified atom stereocenters. The lowest BCUT2D eigenvalue weighted by Gasteiger charge is -2.15. The molecule has 1 atom stereocenters. The summed E-state index contributed by atoms with van der Waals surface area (Å²) in [4.78, 5) is 3.65. The van der Waals surface area contributed by atoms with Gasteiger partial charge in [-0.25, -0.2) is 8.78 Å². The van der Waals surface area contributed by atoms with Crippen molar-refractivity contribution in [3.05, 3.63) is 64.5 Å². The van der Waals surface area contributed by atoms with Gasteiger partial charge in [-0.15, -0.1) is 0 Å². The van der Waals surface area contributed by atoms with Gasteiger partial charge in [-0.3, -0.25) is 4.98 Å². The number of rotatable bonds is 2. The Hall–Kier alpha value is -1.81. The van der Waals surface area contributed by atoms with Gasteiger partial charge in [0, 0.05) is 17.3 Å². The number of aryl methyl sites for hydroxylation is 2. The minimum Gasteiger partial charge on any atom is -0.383 e. The average Bonchev–Trinajstić information content (AvgIpc) is 2.27. The lowest BCUT2D eigenvalue weighted by atomic mass is 9.96. The lowest BCUT2D eigenvalue weighted by Crippen LogP contribution is -2.06. The Kier molecular flexibility index (Phi) is 3.39. The highest BCUT2D eigenvalue weighted by Crippen LogP contribution is 2.28. The molecule has 4 heteroatoms. The van der Waals surface area contributed by atoms with Gasteiger partial charge in [0.15, 0.2) is 0 Å². The zero-order chi connectivity index (χ0) is 13.3. The summed E-state index contributed by atoms with van der Waals surface area (Å²) in [6, 6.07) is 4.27. The van der Waals surface area contributed by atoms with E-state index >= 15 is 0 Å². The summed E-state index contributed by atoms with van der Waals surface area (Å²) in [5, 5.41) is 10.1. The van der Waals surface area contributed by atoms with Crippen LogP contribution in [-0.2, 0) is 0 Å². The Balaban J connectivity index is 2.49. The third-order valence-corrected chi connectivity index (χ3v) is 2.80. The summed E-state index contributed by atoms with van der Waals surface area (Å²) in [5.41, 5.74) is 1.80. The molecule has 0 radical (unpaired) electrons. The molecule has 0 fully saturated rings. The van der Waals surface area contributed by atoms with Crippen LogP contribution in [0.25, 0.3) is 0 Å². The van der Waals surface area contributed by atoms with Crippen molar-refractivity contribution in [2.45, 2.75) is 20.0 Å². The largest absolute Gasteiger partial charge is 0.383 e. The van der Waals surface area contributed by atoms with E-state index in [0.717, 1.165) is 17.8 Å². The third-order valence-electron chi connectivity index (χ3n) is 2.80. The van der Waals surface area contributed by atoms with Crippen molar-refractivity contribution >= 4 is 0 Å². The predicted octanol–water partition coefficient (Wildman–Crippen LogP) is 3.06. The fraction of sp³-hybridized carbons (Fsp3) is 0.214. The first-order valence-corrected chi connectivity index (χ1v) is 5.54. The number of pyridine rings is 1. The first-order chi connectivity index (χ1) is 8.49. The van der Waals surface area contributed by atoms with Gasteiger partial charge in [0.2, 0.25) is 0 Å². The molecule has 0 aliphatic rings. The van der Waals surface area contributed by atoms with Crippen molar-refractivity contribution in [1.82, 2.24) is 4.98 Å². The van der Waals surface area contributed by atoms with Crippen LogP contribution < -0.4 is 0 Å². The number of aromatic nitrogens is 1. The smallest absolute Gasteiger partial charge is 0.141 e. The number of halogens is 2. The van der Waals surface area contributed by atoms with Gasteiger partial charge in [0.1, 0.15) is 17.7 Å². The Labute approximate surface area is 104 Å². The number of nitrogens with zero attached hydrogens (tertiary/aromatic N) is 1. The van der Waals surface area contributed by atoms with Gasteiger partial charge in [-0.1, -0.05) is 6.07 Å². The molecule has 0 spiro atoms. The van der Waals surface area contributed by atoms with Crippen molar-refractivity contribution < 1.29 is 13.9 Å². The zero-order valence-corrected chi connectivity index (χ0v) is 10.1. The second kappa shape index (κ2) is 4.82.